The second-order valence-electron chi connectivity index (χ2n) is 5.70. The summed E-state index contributed by atoms with van der Waals surface area (Å²) in [5.74, 6) is 0.567. The molecule has 1 saturated carbocycles. The first-order valence-corrected chi connectivity index (χ1v) is 7.26. The molecule has 1 N–H and O–H groups in total. The van der Waals surface area contributed by atoms with Crippen molar-refractivity contribution in [2.75, 3.05) is 0 Å². The smallest absolute Gasteiger partial charge is 0.114 e. The lowest BCUT2D eigenvalue weighted by Gasteiger charge is -2.28. The Labute approximate surface area is 115 Å². The Morgan fingerprint density at radius 1 is 1.63 bits per heavy atom. The van der Waals surface area contributed by atoms with Gasteiger partial charge in [0.2, 0.25) is 0 Å². The molecule has 4 heteroatoms. The van der Waals surface area contributed by atoms with Gasteiger partial charge in [-0.1, -0.05) is 20.3 Å². The third-order valence-corrected chi connectivity index (χ3v) is 4.46. The van der Waals surface area contributed by atoms with E-state index in [1.54, 1.807) is 12.5 Å². The molecule has 0 spiro atoms. The van der Waals surface area contributed by atoms with Gasteiger partial charge in [-0.3, -0.25) is 0 Å². The first-order valence-electron chi connectivity index (χ1n) is 7.26. The molecule has 1 aliphatic rings. The molecule has 1 fully saturated rings. The highest BCUT2D eigenvalue weighted by atomic mass is 16.3. The maximum atomic E-state index is 10.7. The van der Waals surface area contributed by atoms with Crippen molar-refractivity contribution in [2.45, 2.75) is 58.6 Å². The number of imidazole rings is 1. The van der Waals surface area contributed by atoms with E-state index in [-0.39, 0.29) is 0 Å². The van der Waals surface area contributed by atoms with Gasteiger partial charge in [0.05, 0.1) is 29.7 Å². The fourth-order valence-corrected chi connectivity index (χ4v) is 3.21. The zero-order valence-electron chi connectivity index (χ0n) is 11.8. The Morgan fingerprint density at radius 3 is 3.00 bits per heavy atom. The van der Waals surface area contributed by atoms with Crippen LogP contribution in [-0.2, 0) is 6.54 Å². The third kappa shape index (κ3) is 2.52. The van der Waals surface area contributed by atoms with Gasteiger partial charge >= 0.3 is 0 Å². The Bertz CT molecular complexity index is 462. The van der Waals surface area contributed by atoms with Gasteiger partial charge in [0.1, 0.15) is 6.10 Å². The predicted octanol–water partition coefficient (Wildman–Crippen LogP) is 3.05. The number of aliphatic hydroxyl groups is 1. The van der Waals surface area contributed by atoms with E-state index < -0.39 is 11.5 Å². The highest BCUT2D eigenvalue weighted by molar-refractivity contribution is 5.17. The number of hydrogen-bond acceptors (Lipinski definition) is 3. The van der Waals surface area contributed by atoms with Crippen molar-refractivity contribution < 1.29 is 5.11 Å². The highest BCUT2D eigenvalue weighted by Crippen LogP contribution is 2.50. The van der Waals surface area contributed by atoms with Crippen LogP contribution in [0.1, 0.15) is 57.7 Å². The molecule has 3 unspecified atom stereocenters. The number of aliphatic hydroxyl groups excluding tert-OH is 1. The van der Waals surface area contributed by atoms with E-state index in [4.69, 9.17) is 0 Å². The summed E-state index contributed by atoms with van der Waals surface area (Å²) >= 11 is 0. The summed E-state index contributed by atoms with van der Waals surface area (Å²) in [5, 5.41) is 20.3. The van der Waals surface area contributed by atoms with E-state index in [1.165, 1.54) is 0 Å². The third-order valence-electron chi connectivity index (χ3n) is 4.46. The van der Waals surface area contributed by atoms with Crippen molar-refractivity contribution in [3.8, 4) is 6.07 Å². The zero-order valence-corrected chi connectivity index (χ0v) is 11.8. The first kappa shape index (κ1) is 14.1. The molecule has 0 amide bonds. The average molecular weight is 261 g/mol. The number of nitrogens with zero attached hydrogens (tertiary/aromatic N) is 3. The summed E-state index contributed by atoms with van der Waals surface area (Å²) in [6, 6.07) is 2.41. The van der Waals surface area contributed by atoms with Gasteiger partial charge < -0.3 is 9.67 Å². The molecule has 1 aliphatic carbocycles. The van der Waals surface area contributed by atoms with Gasteiger partial charge in [0, 0.05) is 6.54 Å². The molecule has 1 aromatic rings. The molecule has 4 nitrogen and oxygen atoms in total. The van der Waals surface area contributed by atoms with Crippen LogP contribution in [0.2, 0.25) is 0 Å². The van der Waals surface area contributed by atoms with Crippen molar-refractivity contribution in [3.63, 3.8) is 0 Å². The van der Waals surface area contributed by atoms with Crippen LogP contribution >= 0.6 is 0 Å². The van der Waals surface area contributed by atoms with Crippen LogP contribution in [0.4, 0.5) is 0 Å². The lowest BCUT2D eigenvalue weighted by Crippen LogP contribution is -2.26. The molecule has 104 valence electrons. The van der Waals surface area contributed by atoms with E-state index in [2.05, 4.69) is 24.9 Å². The average Bonchev–Trinajstić information content (AvgIpc) is 3.05. The molecular formula is C15H23N3O. The maximum Gasteiger partial charge on any atom is 0.114 e. The van der Waals surface area contributed by atoms with Gasteiger partial charge in [0.25, 0.3) is 0 Å². The normalized spacial score (nSPS) is 28.2. The number of aryl methyl sites for hydroxylation is 1. The van der Waals surface area contributed by atoms with Crippen molar-refractivity contribution in [3.05, 3.63) is 18.2 Å². The first-order chi connectivity index (χ1) is 9.16. The minimum atomic E-state index is -0.719. The molecule has 19 heavy (non-hydrogen) atoms. The van der Waals surface area contributed by atoms with Gasteiger partial charge in [-0.25, -0.2) is 4.98 Å². The highest BCUT2D eigenvalue weighted by Gasteiger charge is 2.46. The van der Waals surface area contributed by atoms with Crippen LogP contribution in [0, 0.1) is 22.7 Å². The Hall–Kier alpha value is -1.34. The predicted molar refractivity (Wildman–Crippen MR) is 73.2 cm³/mol. The molecule has 3 atom stereocenters. The Kier molecular flexibility index (Phi) is 4.26. The van der Waals surface area contributed by atoms with Crippen LogP contribution in [0.3, 0.4) is 0 Å². The molecule has 0 aromatic carbocycles. The quantitative estimate of drug-likeness (QED) is 0.886. The fraction of sp³-hybridized carbons (Fsp3) is 0.733. The van der Waals surface area contributed by atoms with Crippen LogP contribution in [0.15, 0.2) is 12.5 Å². The van der Waals surface area contributed by atoms with E-state index in [0.717, 1.165) is 44.3 Å². The van der Waals surface area contributed by atoms with Crippen molar-refractivity contribution in [1.82, 2.24) is 9.55 Å². The van der Waals surface area contributed by atoms with Crippen molar-refractivity contribution >= 4 is 0 Å². The Balaban J connectivity index is 2.24. The summed E-state index contributed by atoms with van der Waals surface area (Å²) in [4.78, 5) is 4.13. The van der Waals surface area contributed by atoms with Crippen molar-refractivity contribution in [2.24, 2.45) is 11.3 Å². The van der Waals surface area contributed by atoms with E-state index in [1.807, 2.05) is 4.57 Å². The van der Waals surface area contributed by atoms with E-state index >= 15 is 0 Å². The minimum absolute atomic E-state index is 0.567. The molecule has 2 rings (SSSR count). The van der Waals surface area contributed by atoms with Crippen LogP contribution in [0.5, 0.6) is 0 Å². The second kappa shape index (κ2) is 5.75. The maximum absolute atomic E-state index is 10.7. The number of aromatic nitrogens is 2. The molecular weight excluding hydrogens is 238 g/mol. The lowest BCUT2D eigenvalue weighted by molar-refractivity contribution is 0.0571. The number of nitriles is 1. The lowest BCUT2D eigenvalue weighted by atomic mass is 9.79. The summed E-state index contributed by atoms with van der Waals surface area (Å²) in [7, 11) is 0. The monoisotopic (exact) mass is 261 g/mol. The number of rotatable bonds is 5. The molecule has 1 heterocycles. The molecule has 0 aliphatic heterocycles. The second-order valence-corrected chi connectivity index (χ2v) is 5.70. The summed E-state index contributed by atoms with van der Waals surface area (Å²) < 4.78 is 1.98. The van der Waals surface area contributed by atoms with E-state index in [9.17, 15) is 10.4 Å². The van der Waals surface area contributed by atoms with Gasteiger partial charge in [-0.05, 0) is 31.6 Å². The zero-order chi connectivity index (χ0) is 13.9. The molecule has 0 bridgehead atoms. The van der Waals surface area contributed by atoms with E-state index in [0.29, 0.717) is 5.92 Å². The number of hydrogen-bond donors (Lipinski definition) is 1. The fourth-order valence-electron chi connectivity index (χ4n) is 3.21. The van der Waals surface area contributed by atoms with Crippen LogP contribution < -0.4 is 0 Å². The SMILES string of the molecule is CCCn1cncc1C(O)C1(C#N)CCC(CC)C1. The van der Waals surface area contributed by atoms with Gasteiger partial charge in [-0.15, -0.1) is 0 Å². The van der Waals surface area contributed by atoms with Crippen molar-refractivity contribution in [1.29, 1.82) is 5.26 Å². The summed E-state index contributed by atoms with van der Waals surface area (Å²) in [6.07, 6.45) is 7.46. The summed E-state index contributed by atoms with van der Waals surface area (Å²) in [5.41, 5.74) is 0.173. The minimum Gasteiger partial charge on any atom is -0.385 e. The van der Waals surface area contributed by atoms with Crippen LogP contribution in [-0.4, -0.2) is 14.7 Å². The van der Waals surface area contributed by atoms with Crippen LogP contribution in [0.25, 0.3) is 0 Å². The standard InChI is InChI=1S/C15H23N3O/c1-3-7-18-11-17-9-13(18)14(19)15(10-16)6-5-12(4-2)8-15/h9,11-12,14,19H,3-8H2,1-2H3. The molecule has 0 saturated heterocycles. The summed E-state index contributed by atoms with van der Waals surface area (Å²) in [6.45, 7) is 5.09. The molecule has 1 aromatic heterocycles. The van der Waals surface area contributed by atoms with Gasteiger partial charge in [0.15, 0.2) is 0 Å². The molecule has 0 radical (unpaired) electrons. The van der Waals surface area contributed by atoms with Gasteiger partial charge in [-0.2, -0.15) is 5.26 Å². The largest absolute Gasteiger partial charge is 0.385 e. The topological polar surface area (TPSA) is 61.8 Å². The Morgan fingerprint density at radius 2 is 2.42 bits per heavy atom.